The van der Waals surface area contributed by atoms with Gasteiger partial charge in [-0.05, 0) is 43.1 Å². The van der Waals surface area contributed by atoms with E-state index in [-0.39, 0.29) is 12.5 Å². The molecule has 2 atom stereocenters. The van der Waals surface area contributed by atoms with Gasteiger partial charge in [-0.25, -0.2) is 0 Å². The number of ether oxygens (including phenoxy) is 2. The largest absolute Gasteiger partial charge is 0.493 e. The van der Waals surface area contributed by atoms with Gasteiger partial charge < -0.3 is 14.8 Å². The summed E-state index contributed by atoms with van der Waals surface area (Å²) in [7, 11) is 1.56. The number of para-hydroxylation sites is 2. The Labute approximate surface area is 148 Å². The second kappa shape index (κ2) is 9.32. The van der Waals surface area contributed by atoms with Crippen molar-refractivity contribution in [1.82, 2.24) is 16.2 Å². The highest BCUT2D eigenvalue weighted by Gasteiger charge is 2.21. The summed E-state index contributed by atoms with van der Waals surface area (Å²) >= 11 is 5.23. The van der Waals surface area contributed by atoms with Crippen molar-refractivity contribution in [2.45, 2.75) is 38.6 Å². The van der Waals surface area contributed by atoms with Gasteiger partial charge in [0, 0.05) is 6.04 Å². The molecule has 1 fully saturated rings. The minimum absolute atomic E-state index is 0.129. The molecule has 0 heterocycles. The van der Waals surface area contributed by atoms with Crippen LogP contribution in [0.2, 0.25) is 0 Å². The third kappa shape index (κ3) is 5.56. The number of hydrazine groups is 1. The lowest BCUT2D eigenvalue weighted by Crippen LogP contribution is -2.52. The highest BCUT2D eigenvalue weighted by atomic mass is 32.1. The number of nitrogens with one attached hydrogen (secondary N) is 3. The first-order valence-electron chi connectivity index (χ1n) is 8.21. The molecule has 0 aromatic heterocycles. The van der Waals surface area contributed by atoms with E-state index in [0.717, 1.165) is 6.42 Å². The lowest BCUT2D eigenvalue weighted by atomic mass is 9.86. The van der Waals surface area contributed by atoms with Crippen LogP contribution in [0, 0.1) is 5.92 Å². The molecule has 0 radical (unpaired) electrons. The van der Waals surface area contributed by atoms with Gasteiger partial charge in [0.15, 0.2) is 23.2 Å². The van der Waals surface area contributed by atoms with Crippen molar-refractivity contribution in [3.05, 3.63) is 24.3 Å². The number of hydrogen-bond donors (Lipinski definition) is 3. The molecule has 0 spiro atoms. The standard InChI is InChI=1S/C17H25N3O3S/c1-12-7-3-4-8-13(12)18-17(24)20-19-16(21)11-23-15-10-6-5-9-14(15)22-2/h5-6,9-10,12-13H,3-4,7-8,11H2,1-2H3,(H,19,21)(H2,18,20,24)/t12-,13+/m0/s1. The summed E-state index contributed by atoms with van der Waals surface area (Å²) in [5.41, 5.74) is 5.26. The van der Waals surface area contributed by atoms with Crippen LogP contribution < -0.4 is 25.6 Å². The predicted octanol–water partition coefficient (Wildman–Crippen LogP) is 2.15. The predicted molar refractivity (Wildman–Crippen MR) is 96.9 cm³/mol. The van der Waals surface area contributed by atoms with Gasteiger partial charge >= 0.3 is 0 Å². The van der Waals surface area contributed by atoms with E-state index in [1.165, 1.54) is 19.3 Å². The number of rotatable bonds is 5. The quantitative estimate of drug-likeness (QED) is 0.558. The molecule has 3 N–H and O–H groups in total. The van der Waals surface area contributed by atoms with Crippen molar-refractivity contribution in [2.75, 3.05) is 13.7 Å². The molecular formula is C17H25N3O3S. The fourth-order valence-electron chi connectivity index (χ4n) is 2.78. The van der Waals surface area contributed by atoms with Crippen LogP contribution in [-0.2, 0) is 4.79 Å². The van der Waals surface area contributed by atoms with E-state index in [4.69, 9.17) is 21.7 Å². The van der Waals surface area contributed by atoms with E-state index in [1.54, 1.807) is 19.2 Å². The molecule has 1 aliphatic carbocycles. The number of amides is 1. The Morgan fingerprint density at radius 3 is 2.62 bits per heavy atom. The van der Waals surface area contributed by atoms with Crippen LogP contribution in [0.1, 0.15) is 32.6 Å². The lowest BCUT2D eigenvalue weighted by Gasteiger charge is -2.30. The first kappa shape index (κ1) is 18.3. The molecule has 0 aliphatic heterocycles. The van der Waals surface area contributed by atoms with Crippen LogP contribution in [0.25, 0.3) is 0 Å². The Morgan fingerprint density at radius 2 is 1.92 bits per heavy atom. The zero-order valence-corrected chi connectivity index (χ0v) is 14.9. The topological polar surface area (TPSA) is 71.6 Å². The van der Waals surface area contributed by atoms with Gasteiger partial charge in [-0.1, -0.05) is 31.9 Å². The maximum Gasteiger partial charge on any atom is 0.276 e. The van der Waals surface area contributed by atoms with Crippen molar-refractivity contribution in [2.24, 2.45) is 5.92 Å². The maximum atomic E-state index is 11.9. The second-order valence-corrected chi connectivity index (χ2v) is 6.36. The van der Waals surface area contributed by atoms with Crippen molar-refractivity contribution < 1.29 is 14.3 Å². The van der Waals surface area contributed by atoms with E-state index in [0.29, 0.717) is 28.6 Å². The fraction of sp³-hybridized carbons (Fsp3) is 0.529. The molecule has 132 valence electrons. The lowest BCUT2D eigenvalue weighted by molar-refractivity contribution is -0.123. The zero-order valence-electron chi connectivity index (χ0n) is 14.1. The Hall–Kier alpha value is -2.02. The molecule has 2 rings (SSSR count). The van der Waals surface area contributed by atoms with Gasteiger partial charge in [0.1, 0.15) is 0 Å². The summed E-state index contributed by atoms with van der Waals surface area (Å²) in [5.74, 6) is 1.37. The summed E-state index contributed by atoms with van der Waals surface area (Å²) in [6, 6.07) is 7.54. The molecule has 1 amide bonds. The molecule has 1 aromatic rings. The van der Waals surface area contributed by atoms with Crippen LogP contribution in [0.5, 0.6) is 11.5 Å². The number of benzene rings is 1. The number of carbonyl (C=O) groups is 1. The maximum absolute atomic E-state index is 11.9. The second-order valence-electron chi connectivity index (χ2n) is 5.95. The molecule has 0 saturated heterocycles. The van der Waals surface area contributed by atoms with E-state index in [9.17, 15) is 4.79 Å². The first-order chi connectivity index (χ1) is 11.6. The fourth-order valence-corrected chi connectivity index (χ4v) is 2.98. The average Bonchev–Trinajstić information content (AvgIpc) is 2.60. The summed E-state index contributed by atoms with van der Waals surface area (Å²) < 4.78 is 10.6. The van der Waals surface area contributed by atoms with E-state index in [2.05, 4.69) is 23.1 Å². The number of hydrogen-bond acceptors (Lipinski definition) is 4. The van der Waals surface area contributed by atoms with Crippen molar-refractivity contribution in [1.29, 1.82) is 0 Å². The third-order valence-electron chi connectivity index (χ3n) is 4.17. The minimum atomic E-state index is -0.318. The van der Waals surface area contributed by atoms with Crippen LogP contribution in [0.15, 0.2) is 24.3 Å². The van der Waals surface area contributed by atoms with Gasteiger partial charge in [0.2, 0.25) is 0 Å². The van der Waals surface area contributed by atoms with Crippen LogP contribution in [0.4, 0.5) is 0 Å². The Kier molecular flexibility index (Phi) is 7.11. The van der Waals surface area contributed by atoms with Crippen molar-refractivity contribution in [3.8, 4) is 11.5 Å². The van der Waals surface area contributed by atoms with Gasteiger partial charge in [-0.15, -0.1) is 0 Å². The van der Waals surface area contributed by atoms with Gasteiger partial charge in [-0.2, -0.15) is 0 Å². The number of methoxy groups -OCH3 is 1. The zero-order chi connectivity index (χ0) is 17.4. The molecule has 0 bridgehead atoms. The SMILES string of the molecule is COc1ccccc1OCC(=O)NNC(=S)N[C@@H]1CCCC[C@@H]1C. The van der Waals surface area contributed by atoms with E-state index in [1.807, 2.05) is 12.1 Å². The molecule has 1 aromatic carbocycles. The summed E-state index contributed by atoms with van der Waals surface area (Å²) in [5, 5.41) is 3.69. The van der Waals surface area contributed by atoms with Crippen molar-refractivity contribution in [3.63, 3.8) is 0 Å². The highest BCUT2D eigenvalue weighted by Crippen LogP contribution is 2.25. The number of thiocarbonyl (C=S) groups is 1. The highest BCUT2D eigenvalue weighted by molar-refractivity contribution is 7.80. The summed E-state index contributed by atoms with van der Waals surface area (Å²) in [6.45, 7) is 2.09. The van der Waals surface area contributed by atoms with Crippen LogP contribution >= 0.6 is 12.2 Å². The molecule has 6 nitrogen and oxygen atoms in total. The van der Waals surface area contributed by atoms with Crippen molar-refractivity contribution >= 4 is 23.2 Å². The molecule has 24 heavy (non-hydrogen) atoms. The number of carbonyl (C=O) groups excluding carboxylic acids is 1. The summed E-state index contributed by atoms with van der Waals surface area (Å²) in [4.78, 5) is 11.9. The normalized spacial score (nSPS) is 19.9. The van der Waals surface area contributed by atoms with Gasteiger partial charge in [0.05, 0.1) is 7.11 Å². The molecule has 1 aliphatic rings. The Balaban J connectivity index is 1.69. The molecule has 1 saturated carbocycles. The Bertz CT molecular complexity index is 568. The van der Waals surface area contributed by atoms with E-state index >= 15 is 0 Å². The molecule has 0 unspecified atom stereocenters. The monoisotopic (exact) mass is 351 g/mol. The first-order valence-corrected chi connectivity index (χ1v) is 8.62. The van der Waals surface area contributed by atoms with E-state index < -0.39 is 0 Å². The van der Waals surface area contributed by atoms with Gasteiger partial charge in [0.25, 0.3) is 5.91 Å². The molecule has 7 heteroatoms. The van der Waals surface area contributed by atoms with Crippen LogP contribution in [0.3, 0.4) is 0 Å². The third-order valence-corrected chi connectivity index (χ3v) is 4.39. The van der Waals surface area contributed by atoms with Gasteiger partial charge in [-0.3, -0.25) is 15.6 Å². The minimum Gasteiger partial charge on any atom is -0.493 e. The smallest absolute Gasteiger partial charge is 0.276 e. The average molecular weight is 351 g/mol. The van der Waals surface area contributed by atoms with Crippen LogP contribution in [-0.4, -0.2) is 30.8 Å². The Morgan fingerprint density at radius 1 is 1.21 bits per heavy atom. The summed E-state index contributed by atoms with van der Waals surface area (Å²) in [6.07, 6.45) is 4.80. The molecular weight excluding hydrogens is 326 g/mol.